The molecule has 0 saturated carbocycles. The van der Waals surface area contributed by atoms with Crippen molar-refractivity contribution in [1.82, 2.24) is 0 Å². The van der Waals surface area contributed by atoms with E-state index in [1.165, 1.54) is 14.0 Å². The molecule has 27 heavy (non-hydrogen) atoms. The van der Waals surface area contributed by atoms with Crippen LogP contribution in [0.1, 0.15) is 46.0 Å². The van der Waals surface area contributed by atoms with Gasteiger partial charge in [0.1, 0.15) is 11.9 Å². The highest BCUT2D eigenvalue weighted by molar-refractivity contribution is 5.96. The molecule has 0 spiro atoms. The summed E-state index contributed by atoms with van der Waals surface area (Å²) in [5, 5.41) is 29.2. The number of fused-ring (bicyclic) bond motifs is 1. The molecule has 0 aromatic heterocycles. The summed E-state index contributed by atoms with van der Waals surface area (Å²) in [6.45, 7) is 1.18. The van der Waals surface area contributed by atoms with Gasteiger partial charge in [0.05, 0.1) is 31.8 Å². The number of aliphatic hydroxyl groups excluding tert-OH is 2. The number of aromatic hydroxyl groups is 1. The van der Waals surface area contributed by atoms with Crippen LogP contribution in [0.25, 0.3) is 6.08 Å². The second-order valence-electron chi connectivity index (χ2n) is 6.39. The minimum Gasteiger partial charge on any atom is -0.504 e. The minimum atomic E-state index is -0.525. The van der Waals surface area contributed by atoms with Crippen molar-refractivity contribution in [2.45, 2.75) is 18.9 Å². The lowest BCUT2D eigenvalue weighted by Gasteiger charge is -2.19. The molecule has 1 heterocycles. The number of aliphatic hydroxyl groups is 2. The third kappa shape index (κ3) is 3.54. The van der Waals surface area contributed by atoms with Crippen molar-refractivity contribution in [3.05, 3.63) is 58.7 Å². The molecule has 0 fully saturated rings. The smallest absolute Gasteiger partial charge is 0.165 e. The van der Waals surface area contributed by atoms with Gasteiger partial charge in [0, 0.05) is 5.56 Å². The highest BCUT2D eigenvalue weighted by Crippen LogP contribution is 2.50. The van der Waals surface area contributed by atoms with Crippen molar-refractivity contribution in [2.24, 2.45) is 0 Å². The van der Waals surface area contributed by atoms with Gasteiger partial charge < -0.3 is 24.8 Å². The number of rotatable bonds is 6. The number of hydrogen-bond acceptors (Lipinski definition) is 6. The Morgan fingerprint density at radius 3 is 2.67 bits per heavy atom. The summed E-state index contributed by atoms with van der Waals surface area (Å²) in [5.74, 6) is 0.243. The van der Waals surface area contributed by atoms with Gasteiger partial charge in [-0.1, -0.05) is 18.2 Å². The molecule has 0 bridgehead atoms. The molecule has 0 amide bonds. The van der Waals surface area contributed by atoms with Crippen LogP contribution in [-0.4, -0.2) is 41.4 Å². The molecule has 2 aromatic carbocycles. The maximum atomic E-state index is 11.7. The fraction of sp³-hybridized carbons (Fsp3) is 0.286. The summed E-state index contributed by atoms with van der Waals surface area (Å²) in [6.07, 6.45) is 2.73. The number of phenolic OH excluding ortho intramolecular Hbond substituents is 1. The minimum absolute atomic E-state index is 0.0293. The highest BCUT2D eigenvalue weighted by atomic mass is 16.5. The van der Waals surface area contributed by atoms with Gasteiger partial charge in [-0.05, 0) is 42.3 Å². The number of hydrogen-bond donors (Lipinski definition) is 3. The third-order valence-electron chi connectivity index (χ3n) is 4.68. The molecule has 2 aromatic rings. The summed E-state index contributed by atoms with van der Waals surface area (Å²) in [6, 6.07) is 8.53. The number of phenols is 1. The lowest BCUT2D eigenvalue weighted by molar-refractivity contribution is 0.101. The van der Waals surface area contributed by atoms with Crippen LogP contribution in [0.5, 0.6) is 17.2 Å². The van der Waals surface area contributed by atoms with E-state index in [9.17, 15) is 15.0 Å². The molecule has 3 rings (SSSR count). The second-order valence-corrected chi connectivity index (χ2v) is 6.39. The van der Waals surface area contributed by atoms with E-state index in [1.807, 2.05) is 6.07 Å². The number of benzene rings is 2. The maximum Gasteiger partial charge on any atom is 0.165 e. The predicted octanol–water partition coefficient (Wildman–Crippen LogP) is 2.82. The molecule has 1 aliphatic rings. The third-order valence-corrected chi connectivity index (χ3v) is 4.68. The van der Waals surface area contributed by atoms with E-state index < -0.39 is 6.10 Å². The Kier molecular flexibility index (Phi) is 5.48. The lowest BCUT2D eigenvalue weighted by atomic mass is 9.90. The highest BCUT2D eigenvalue weighted by Gasteiger charge is 2.37. The van der Waals surface area contributed by atoms with Gasteiger partial charge in [0.15, 0.2) is 17.3 Å². The number of ether oxygens (including phenoxy) is 2. The molecule has 0 radical (unpaired) electrons. The van der Waals surface area contributed by atoms with Gasteiger partial charge in [-0.2, -0.15) is 0 Å². The van der Waals surface area contributed by atoms with Crippen molar-refractivity contribution < 1.29 is 29.6 Å². The van der Waals surface area contributed by atoms with Crippen molar-refractivity contribution in [3.63, 3.8) is 0 Å². The zero-order chi connectivity index (χ0) is 19.6. The molecule has 6 heteroatoms. The van der Waals surface area contributed by atoms with E-state index in [4.69, 9.17) is 14.6 Å². The molecular weight excluding hydrogens is 348 g/mol. The van der Waals surface area contributed by atoms with Crippen LogP contribution in [0.2, 0.25) is 0 Å². The summed E-state index contributed by atoms with van der Waals surface area (Å²) < 4.78 is 11.3. The van der Waals surface area contributed by atoms with Gasteiger partial charge in [0.2, 0.25) is 0 Å². The van der Waals surface area contributed by atoms with Crippen LogP contribution in [-0.2, 0) is 0 Å². The first-order chi connectivity index (χ1) is 13.0. The van der Waals surface area contributed by atoms with Gasteiger partial charge in [-0.15, -0.1) is 0 Å². The summed E-state index contributed by atoms with van der Waals surface area (Å²) >= 11 is 0. The number of methoxy groups -OCH3 is 1. The second kappa shape index (κ2) is 7.82. The van der Waals surface area contributed by atoms with Crippen molar-refractivity contribution >= 4 is 11.9 Å². The number of ketones is 1. The van der Waals surface area contributed by atoms with Crippen LogP contribution < -0.4 is 9.47 Å². The zero-order valence-corrected chi connectivity index (χ0v) is 15.2. The van der Waals surface area contributed by atoms with E-state index in [1.54, 1.807) is 36.4 Å². The van der Waals surface area contributed by atoms with Gasteiger partial charge in [-0.3, -0.25) is 4.79 Å². The monoisotopic (exact) mass is 370 g/mol. The number of carbonyl (C=O) groups excluding carboxylic acids is 1. The van der Waals surface area contributed by atoms with Gasteiger partial charge in [0.25, 0.3) is 0 Å². The van der Waals surface area contributed by atoms with Crippen molar-refractivity contribution in [3.8, 4) is 17.2 Å². The Balaban J connectivity index is 2.02. The normalized spacial score (nSPS) is 18.4. The Bertz CT molecular complexity index is 886. The first-order valence-electron chi connectivity index (χ1n) is 8.60. The predicted molar refractivity (Wildman–Crippen MR) is 100 cm³/mol. The lowest BCUT2D eigenvalue weighted by Crippen LogP contribution is -2.14. The van der Waals surface area contributed by atoms with Gasteiger partial charge in [-0.25, -0.2) is 0 Å². The van der Waals surface area contributed by atoms with E-state index >= 15 is 0 Å². The fourth-order valence-corrected chi connectivity index (χ4v) is 3.39. The summed E-state index contributed by atoms with van der Waals surface area (Å²) in [4.78, 5) is 11.7. The van der Waals surface area contributed by atoms with E-state index in [0.29, 0.717) is 28.2 Å². The molecule has 142 valence electrons. The maximum absolute atomic E-state index is 11.7. The van der Waals surface area contributed by atoms with Crippen LogP contribution in [0.15, 0.2) is 36.4 Å². The Morgan fingerprint density at radius 2 is 2.04 bits per heavy atom. The van der Waals surface area contributed by atoms with E-state index in [2.05, 4.69) is 0 Å². The summed E-state index contributed by atoms with van der Waals surface area (Å²) in [7, 11) is 1.49. The fourth-order valence-electron chi connectivity index (χ4n) is 3.39. The molecule has 3 N–H and O–H groups in total. The molecule has 6 nitrogen and oxygen atoms in total. The Hall–Kier alpha value is -2.83. The van der Waals surface area contributed by atoms with Crippen molar-refractivity contribution in [1.29, 1.82) is 0 Å². The first kappa shape index (κ1) is 18.9. The van der Waals surface area contributed by atoms with Gasteiger partial charge >= 0.3 is 0 Å². The zero-order valence-electron chi connectivity index (χ0n) is 15.2. The Labute approximate surface area is 157 Å². The molecule has 0 aliphatic carbocycles. The topological polar surface area (TPSA) is 96.2 Å². The standard InChI is InChI=1S/C21H22O6/c1-12(24)15-6-5-14(10-19(15)26-2)20-17(11-23)16-8-13(4-3-7-22)9-18(25)21(16)27-20/h3-6,8-10,17,20,22-23,25H,7,11H2,1-2H3/b4-3+/t17-,20+/m1/s1. The number of Topliss-reactive ketones (excluding diaryl/α,β-unsaturated/α-hetero) is 1. The van der Waals surface area contributed by atoms with E-state index in [0.717, 1.165) is 5.56 Å². The number of carbonyl (C=O) groups is 1. The molecular formula is C21H22O6. The SMILES string of the molecule is COc1cc([C@@H]2Oc3c(O)cc(/C=C/CO)cc3[C@H]2CO)ccc1C(C)=O. The van der Waals surface area contributed by atoms with Crippen LogP contribution >= 0.6 is 0 Å². The van der Waals surface area contributed by atoms with Crippen LogP contribution in [0.4, 0.5) is 0 Å². The molecule has 2 atom stereocenters. The van der Waals surface area contributed by atoms with Crippen molar-refractivity contribution in [2.75, 3.05) is 20.3 Å². The average molecular weight is 370 g/mol. The van der Waals surface area contributed by atoms with Crippen LogP contribution in [0, 0.1) is 0 Å². The Morgan fingerprint density at radius 1 is 1.26 bits per heavy atom. The quantitative estimate of drug-likeness (QED) is 0.677. The average Bonchev–Trinajstić information content (AvgIpc) is 3.04. The first-order valence-corrected chi connectivity index (χ1v) is 8.60. The molecule has 0 unspecified atom stereocenters. The van der Waals surface area contributed by atoms with Crippen LogP contribution in [0.3, 0.4) is 0 Å². The molecule has 1 aliphatic heterocycles. The largest absolute Gasteiger partial charge is 0.504 e. The summed E-state index contributed by atoms with van der Waals surface area (Å²) in [5.41, 5.74) is 2.60. The van der Waals surface area contributed by atoms with E-state index in [-0.39, 0.29) is 30.7 Å². The molecule has 0 saturated heterocycles.